The molecule has 0 fully saturated rings. The number of anilines is 1. The number of nitrogens with one attached hydrogen (secondary N) is 1. The van der Waals surface area contributed by atoms with Crippen molar-refractivity contribution in [2.75, 3.05) is 33.8 Å². The number of carbonyl (C=O) groups excluding carboxylic acids is 2. The molecule has 11 heteroatoms. The number of nitrogens with zero attached hydrogens (tertiary/aromatic N) is 2. The van der Waals surface area contributed by atoms with Gasteiger partial charge in [0.05, 0.1) is 39.1 Å². The number of methoxy groups -OCH3 is 4. The summed E-state index contributed by atoms with van der Waals surface area (Å²) in [6.07, 6.45) is 0. The van der Waals surface area contributed by atoms with Gasteiger partial charge in [-0.25, -0.2) is 0 Å². The molecule has 0 aliphatic rings. The molecule has 0 aliphatic heterocycles. The van der Waals surface area contributed by atoms with Crippen LogP contribution in [0.3, 0.4) is 0 Å². The molecule has 2 aromatic carbocycles. The standard InChI is InChI=1S/C20H21Cl2N3O6/c1-10(26)18(25-24-14-7-12(29-3)9-16(30-4)17(14)22)20(27)23-15-8-11(28-2)6-13(21)19(15)31-5/h6-9,18H,1-5H3,(H,23,27). The molecule has 2 rings (SSSR count). The highest BCUT2D eigenvalue weighted by atomic mass is 35.5. The second kappa shape index (κ2) is 10.8. The highest BCUT2D eigenvalue weighted by Crippen LogP contribution is 2.39. The molecule has 1 unspecified atom stereocenters. The van der Waals surface area contributed by atoms with Gasteiger partial charge < -0.3 is 24.3 Å². The number of ketones is 1. The number of amides is 1. The summed E-state index contributed by atoms with van der Waals surface area (Å²) >= 11 is 12.4. The third-order valence-electron chi connectivity index (χ3n) is 4.08. The third kappa shape index (κ3) is 5.77. The first kappa shape index (κ1) is 24.2. The number of benzene rings is 2. The van der Waals surface area contributed by atoms with E-state index in [9.17, 15) is 9.59 Å². The van der Waals surface area contributed by atoms with Crippen LogP contribution in [-0.2, 0) is 9.59 Å². The minimum atomic E-state index is -1.46. The predicted molar refractivity (Wildman–Crippen MR) is 117 cm³/mol. The van der Waals surface area contributed by atoms with Gasteiger partial charge >= 0.3 is 0 Å². The van der Waals surface area contributed by atoms with E-state index in [-0.39, 0.29) is 27.2 Å². The van der Waals surface area contributed by atoms with E-state index in [0.717, 1.165) is 0 Å². The topological polar surface area (TPSA) is 108 Å². The number of ether oxygens (including phenoxy) is 4. The number of carbonyl (C=O) groups is 2. The lowest BCUT2D eigenvalue weighted by molar-refractivity contribution is -0.126. The summed E-state index contributed by atoms with van der Waals surface area (Å²) in [5.41, 5.74) is 0.373. The van der Waals surface area contributed by atoms with Gasteiger partial charge in [-0.2, -0.15) is 10.2 Å². The van der Waals surface area contributed by atoms with Crippen LogP contribution in [-0.4, -0.2) is 46.2 Å². The molecule has 0 radical (unpaired) electrons. The van der Waals surface area contributed by atoms with Crippen LogP contribution in [0.5, 0.6) is 23.0 Å². The predicted octanol–water partition coefficient (Wildman–Crippen LogP) is 4.71. The van der Waals surface area contributed by atoms with Gasteiger partial charge in [-0.15, -0.1) is 0 Å². The number of azo groups is 1. The fourth-order valence-electron chi connectivity index (χ4n) is 2.52. The van der Waals surface area contributed by atoms with Gasteiger partial charge in [0.25, 0.3) is 5.91 Å². The van der Waals surface area contributed by atoms with Gasteiger partial charge in [-0.1, -0.05) is 23.2 Å². The first-order chi connectivity index (χ1) is 14.7. The van der Waals surface area contributed by atoms with Gasteiger partial charge in [0.1, 0.15) is 28.0 Å². The summed E-state index contributed by atoms with van der Waals surface area (Å²) in [7, 11) is 5.73. The number of hydrogen-bond acceptors (Lipinski definition) is 8. The van der Waals surface area contributed by atoms with Crippen molar-refractivity contribution in [3.05, 3.63) is 34.3 Å². The Morgan fingerprint density at radius 2 is 1.58 bits per heavy atom. The normalized spacial score (nSPS) is 11.7. The fraction of sp³-hybridized carbons (Fsp3) is 0.300. The van der Waals surface area contributed by atoms with Gasteiger partial charge in [0.2, 0.25) is 6.04 Å². The van der Waals surface area contributed by atoms with Crippen molar-refractivity contribution >= 4 is 46.3 Å². The molecule has 0 aliphatic carbocycles. The summed E-state index contributed by atoms with van der Waals surface area (Å²) in [5, 5.41) is 10.8. The van der Waals surface area contributed by atoms with Crippen LogP contribution in [0.4, 0.5) is 11.4 Å². The lowest BCUT2D eigenvalue weighted by atomic mass is 10.2. The zero-order chi connectivity index (χ0) is 23.1. The quantitative estimate of drug-likeness (QED) is 0.420. The fourth-order valence-corrected chi connectivity index (χ4v) is 3.03. The lowest BCUT2D eigenvalue weighted by Crippen LogP contribution is -2.32. The molecule has 31 heavy (non-hydrogen) atoms. The minimum Gasteiger partial charge on any atom is -0.497 e. The Kier molecular flexibility index (Phi) is 8.47. The van der Waals surface area contributed by atoms with Crippen LogP contribution in [0.15, 0.2) is 34.5 Å². The van der Waals surface area contributed by atoms with Gasteiger partial charge in [-0.05, 0) is 6.92 Å². The molecule has 0 heterocycles. The Morgan fingerprint density at radius 1 is 0.935 bits per heavy atom. The Labute approximate surface area is 189 Å². The van der Waals surface area contributed by atoms with E-state index in [1.807, 2.05) is 0 Å². The van der Waals surface area contributed by atoms with Gasteiger partial charge in [0, 0.05) is 24.3 Å². The average molecular weight is 470 g/mol. The van der Waals surface area contributed by atoms with Crippen LogP contribution >= 0.6 is 23.2 Å². The molecule has 0 spiro atoms. The van der Waals surface area contributed by atoms with Crippen molar-refractivity contribution in [2.45, 2.75) is 13.0 Å². The summed E-state index contributed by atoms with van der Waals surface area (Å²) in [6, 6.07) is 4.63. The Hall–Kier alpha value is -3.04. The molecule has 0 aromatic heterocycles. The molecule has 1 atom stereocenters. The molecule has 9 nitrogen and oxygen atoms in total. The molecule has 0 saturated carbocycles. The summed E-state index contributed by atoms with van der Waals surface area (Å²) in [5.74, 6) is 0.0161. The van der Waals surface area contributed by atoms with Crippen molar-refractivity contribution in [3.8, 4) is 23.0 Å². The largest absolute Gasteiger partial charge is 0.497 e. The molecule has 0 bridgehead atoms. The van der Waals surface area contributed by atoms with Crippen molar-refractivity contribution < 1.29 is 28.5 Å². The summed E-state index contributed by atoms with van der Waals surface area (Å²) in [6.45, 7) is 1.22. The van der Waals surface area contributed by atoms with Crippen molar-refractivity contribution in [3.63, 3.8) is 0 Å². The highest BCUT2D eigenvalue weighted by Gasteiger charge is 2.25. The summed E-state index contributed by atoms with van der Waals surface area (Å²) in [4.78, 5) is 24.9. The van der Waals surface area contributed by atoms with E-state index in [4.69, 9.17) is 42.1 Å². The maximum Gasteiger partial charge on any atom is 0.258 e. The van der Waals surface area contributed by atoms with E-state index < -0.39 is 17.7 Å². The molecular formula is C20H21Cl2N3O6. The first-order valence-corrected chi connectivity index (χ1v) is 9.56. The Morgan fingerprint density at radius 3 is 2.13 bits per heavy atom. The van der Waals surface area contributed by atoms with E-state index in [2.05, 4.69) is 15.5 Å². The molecule has 166 valence electrons. The van der Waals surface area contributed by atoms with Crippen LogP contribution < -0.4 is 24.3 Å². The van der Waals surface area contributed by atoms with Crippen molar-refractivity contribution in [1.82, 2.24) is 0 Å². The van der Waals surface area contributed by atoms with Crippen LogP contribution in [0.25, 0.3) is 0 Å². The average Bonchev–Trinajstić information content (AvgIpc) is 2.74. The van der Waals surface area contributed by atoms with E-state index in [1.165, 1.54) is 53.6 Å². The molecule has 1 amide bonds. The molecule has 0 saturated heterocycles. The number of halogens is 2. The zero-order valence-corrected chi connectivity index (χ0v) is 19.0. The molecule has 1 N–H and O–H groups in total. The highest BCUT2D eigenvalue weighted by molar-refractivity contribution is 6.34. The maximum absolute atomic E-state index is 12.8. The smallest absolute Gasteiger partial charge is 0.258 e. The lowest BCUT2D eigenvalue weighted by Gasteiger charge is -2.15. The van der Waals surface area contributed by atoms with Crippen molar-refractivity contribution in [2.24, 2.45) is 10.2 Å². The Balaban J connectivity index is 2.37. The monoisotopic (exact) mass is 469 g/mol. The maximum atomic E-state index is 12.8. The number of hydrogen-bond donors (Lipinski definition) is 1. The van der Waals surface area contributed by atoms with E-state index in [0.29, 0.717) is 17.2 Å². The zero-order valence-electron chi connectivity index (χ0n) is 17.5. The Bertz CT molecular complexity index is 1010. The van der Waals surface area contributed by atoms with Crippen LogP contribution in [0, 0.1) is 0 Å². The van der Waals surface area contributed by atoms with E-state index >= 15 is 0 Å². The van der Waals surface area contributed by atoms with Crippen molar-refractivity contribution in [1.29, 1.82) is 0 Å². The third-order valence-corrected chi connectivity index (χ3v) is 4.74. The van der Waals surface area contributed by atoms with Crippen LogP contribution in [0.2, 0.25) is 10.0 Å². The molecule has 2 aromatic rings. The number of rotatable bonds is 9. The second-order valence-corrected chi connectivity index (χ2v) is 6.86. The SMILES string of the molecule is COc1cc(Cl)c(OC)c(NC(=O)C(N=Nc2cc(OC)cc(OC)c2Cl)C(C)=O)c1. The van der Waals surface area contributed by atoms with Gasteiger partial charge in [0.15, 0.2) is 11.5 Å². The second-order valence-electron chi connectivity index (χ2n) is 6.07. The van der Waals surface area contributed by atoms with Gasteiger partial charge in [-0.3, -0.25) is 9.59 Å². The minimum absolute atomic E-state index is 0.149. The molecular weight excluding hydrogens is 449 g/mol. The summed E-state index contributed by atoms with van der Waals surface area (Å²) < 4.78 is 20.7. The van der Waals surface area contributed by atoms with E-state index in [1.54, 1.807) is 6.07 Å². The number of Topliss-reactive ketones (excluding diaryl/α,β-unsaturated/α-hetero) is 1. The first-order valence-electron chi connectivity index (χ1n) is 8.80. The van der Waals surface area contributed by atoms with Crippen LogP contribution in [0.1, 0.15) is 6.92 Å².